The van der Waals surface area contributed by atoms with Gasteiger partial charge in [-0.05, 0) is 37.9 Å². The monoisotopic (exact) mass is 262 g/mol. The summed E-state index contributed by atoms with van der Waals surface area (Å²) < 4.78 is 5.49. The summed E-state index contributed by atoms with van der Waals surface area (Å²) in [5.41, 5.74) is 8.28. The Morgan fingerprint density at radius 3 is 2.84 bits per heavy atom. The van der Waals surface area contributed by atoms with Crippen LogP contribution in [0.1, 0.15) is 5.56 Å². The molecule has 0 amide bonds. The van der Waals surface area contributed by atoms with Gasteiger partial charge < -0.3 is 20.7 Å². The summed E-state index contributed by atoms with van der Waals surface area (Å²) >= 11 is 0. The molecule has 0 saturated carbocycles. The molecule has 1 aromatic rings. The molecule has 0 heterocycles. The van der Waals surface area contributed by atoms with Crippen LogP contribution in [-0.4, -0.2) is 45.3 Å². The van der Waals surface area contributed by atoms with Crippen molar-refractivity contribution >= 4 is 11.4 Å². The van der Waals surface area contributed by atoms with Crippen LogP contribution in [0.25, 0.3) is 0 Å². The molecule has 3 N–H and O–H groups in total. The molecule has 0 spiro atoms. The van der Waals surface area contributed by atoms with Crippen molar-refractivity contribution < 1.29 is 4.74 Å². The quantitative estimate of drug-likeness (QED) is 0.546. The Balaban J connectivity index is 2.30. The first-order valence-corrected chi connectivity index (χ1v) is 6.35. The zero-order chi connectivity index (χ0) is 14.1. The zero-order valence-corrected chi connectivity index (χ0v) is 11.6. The third-order valence-electron chi connectivity index (χ3n) is 2.67. The Morgan fingerprint density at radius 1 is 1.37 bits per heavy atom. The van der Waals surface area contributed by atoms with Crippen molar-refractivity contribution in [3.05, 3.63) is 23.8 Å². The molecule has 0 aromatic heterocycles. The molecule has 5 nitrogen and oxygen atoms in total. The molecule has 0 bridgehead atoms. The van der Waals surface area contributed by atoms with E-state index in [4.69, 9.17) is 15.7 Å². The molecule has 1 rings (SSSR count). The van der Waals surface area contributed by atoms with Crippen molar-refractivity contribution in [2.45, 2.75) is 6.42 Å². The number of nitrogens with one attached hydrogen (secondary N) is 1. The highest BCUT2D eigenvalue weighted by Crippen LogP contribution is 2.17. The number of ether oxygens (including phenoxy) is 1. The highest BCUT2D eigenvalue weighted by atomic mass is 16.5. The summed E-state index contributed by atoms with van der Waals surface area (Å²) in [7, 11) is 4.04. The molecule has 0 aliphatic heterocycles. The lowest BCUT2D eigenvalue weighted by molar-refractivity contribution is 0.126. The summed E-state index contributed by atoms with van der Waals surface area (Å²) in [6.45, 7) is 3.05. The normalized spacial score (nSPS) is 10.4. The van der Waals surface area contributed by atoms with Gasteiger partial charge >= 0.3 is 0 Å². The third-order valence-corrected chi connectivity index (χ3v) is 2.67. The van der Waals surface area contributed by atoms with Crippen molar-refractivity contribution in [2.24, 2.45) is 0 Å². The second-order valence-corrected chi connectivity index (χ2v) is 4.59. The average molecular weight is 262 g/mol. The fraction of sp³-hybridized carbons (Fsp3) is 0.500. The first-order chi connectivity index (χ1) is 9.13. The highest BCUT2D eigenvalue weighted by molar-refractivity contribution is 5.57. The van der Waals surface area contributed by atoms with Gasteiger partial charge in [-0.1, -0.05) is 0 Å². The standard InChI is InChI=1S/C14H22N4O/c1-18(2)8-10-19-9-7-17-13-3-4-14(16)12(11-13)5-6-15/h3-4,11,17H,5,7-10,16H2,1-2H3. The maximum atomic E-state index is 8.70. The van der Waals surface area contributed by atoms with Gasteiger partial charge in [-0.25, -0.2) is 0 Å². The lowest BCUT2D eigenvalue weighted by atomic mass is 10.1. The van der Waals surface area contributed by atoms with Gasteiger partial charge in [0.15, 0.2) is 0 Å². The van der Waals surface area contributed by atoms with Crippen LogP contribution < -0.4 is 11.1 Å². The predicted molar refractivity (Wildman–Crippen MR) is 78.0 cm³/mol. The van der Waals surface area contributed by atoms with Gasteiger partial charge in [-0.3, -0.25) is 0 Å². The van der Waals surface area contributed by atoms with E-state index in [1.807, 2.05) is 32.3 Å². The minimum atomic E-state index is 0.334. The summed E-state index contributed by atoms with van der Waals surface area (Å²) in [5.74, 6) is 0. The van der Waals surface area contributed by atoms with Crippen LogP contribution in [0.15, 0.2) is 18.2 Å². The Morgan fingerprint density at radius 2 is 2.16 bits per heavy atom. The van der Waals surface area contributed by atoms with Crippen LogP contribution in [0, 0.1) is 11.3 Å². The highest BCUT2D eigenvalue weighted by Gasteiger charge is 2.00. The second kappa shape index (κ2) is 8.35. The van der Waals surface area contributed by atoms with E-state index >= 15 is 0 Å². The van der Waals surface area contributed by atoms with E-state index in [-0.39, 0.29) is 0 Å². The Hall–Kier alpha value is -1.77. The SMILES string of the molecule is CN(C)CCOCCNc1ccc(N)c(CC#N)c1. The first kappa shape index (κ1) is 15.3. The maximum absolute atomic E-state index is 8.70. The van der Waals surface area contributed by atoms with E-state index in [0.717, 1.165) is 30.9 Å². The molecule has 5 heteroatoms. The van der Waals surface area contributed by atoms with Gasteiger partial charge in [-0.15, -0.1) is 0 Å². The molecule has 0 radical (unpaired) electrons. The number of anilines is 2. The number of nitrogen functional groups attached to an aromatic ring is 1. The van der Waals surface area contributed by atoms with E-state index < -0.39 is 0 Å². The molecule has 0 unspecified atom stereocenters. The number of likely N-dealkylation sites (N-methyl/N-ethyl adjacent to an activating group) is 1. The van der Waals surface area contributed by atoms with Gasteiger partial charge in [0.05, 0.1) is 25.7 Å². The Bertz CT molecular complexity index is 426. The van der Waals surface area contributed by atoms with E-state index in [2.05, 4.69) is 16.3 Å². The van der Waals surface area contributed by atoms with Gasteiger partial charge in [0.1, 0.15) is 0 Å². The van der Waals surface area contributed by atoms with Crippen molar-refractivity contribution in [1.82, 2.24) is 4.90 Å². The number of rotatable bonds is 8. The molecular weight excluding hydrogens is 240 g/mol. The summed E-state index contributed by atoms with van der Waals surface area (Å²) in [5, 5.41) is 12.0. The zero-order valence-electron chi connectivity index (χ0n) is 11.6. The van der Waals surface area contributed by atoms with Crippen molar-refractivity contribution in [1.29, 1.82) is 5.26 Å². The van der Waals surface area contributed by atoms with Crippen molar-refractivity contribution in [3.8, 4) is 6.07 Å². The second-order valence-electron chi connectivity index (χ2n) is 4.59. The molecule has 19 heavy (non-hydrogen) atoms. The number of hydrogen-bond donors (Lipinski definition) is 2. The molecule has 0 aliphatic rings. The van der Waals surface area contributed by atoms with Gasteiger partial charge in [-0.2, -0.15) is 5.26 Å². The molecule has 1 aromatic carbocycles. The van der Waals surface area contributed by atoms with Crippen LogP contribution in [0.5, 0.6) is 0 Å². The van der Waals surface area contributed by atoms with E-state index in [1.165, 1.54) is 0 Å². The maximum Gasteiger partial charge on any atom is 0.0670 e. The molecule has 0 atom stereocenters. The van der Waals surface area contributed by atoms with Crippen LogP contribution in [0.4, 0.5) is 11.4 Å². The predicted octanol–water partition coefficient (Wildman–Crippen LogP) is 1.32. The lowest BCUT2D eigenvalue weighted by Gasteiger charge is -2.11. The van der Waals surface area contributed by atoms with Gasteiger partial charge in [0.25, 0.3) is 0 Å². The number of benzene rings is 1. The number of nitriles is 1. The van der Waals surface area contributed by atoms with Crippen LogP contribution in [-0.2, 0) is 11.2 Å². The minimum Gasteiger partial charge on any atom is -0.398 e. The van der Waals surface area contributed by atoms with Crippen LogP contribution in [0.2, 0.25) is 0 Å². The minimum absolute atomic E-state index is 0.334. The summed E-state index contributed by atoms with van der Waals surface area (Å²) in [4.78, 5) is 2.08. The van der Waals surface area contributed by atoms with Crippen LogP contribution >= 0.6 is 0 Å². The van der Waals surface area contributed by atoms with Gasteiger partial charge in [0, 0.05) is 24.5 Å². The summed E-state index contributed by atoms with van der Waals surface area (Å²) in [6.07, 6.45) is 0.334. The summed E-state index contributed by atoms with van der Waals surface area (Å²) in [6, 6.07) is 7.76. The number of hydrogen-bond acceptors (Lipinski definition) is 5. The molecule has 0 aliphatic carbocycles. The third kappa shape index (κ3) is 6.09. The largest absolute Gasteiger partial charge is 0.398 e. The number of nitrogens with zero attached hydrogens (tertiary/aromatic N) is 2. The molecule has 104 valence electrons. The number of nitrogens with two attached hydrogens (primary N) is 1. The fourth-order valence-corrected chi connectivity index (χ4v) is 1.57. The smallest absolute Gasteiger partial charge is 0.0670 e. The Labute approximate surface area is 115 Å². The van der Waals surface area contributed by atoms with Gasteiger partial charge in [0.2, 0.25) is 0 Å². The van der Waals surface area contributed by atoms with E-state index in [9.17, 15) is 0 Å². The fourth-order valence-electron chi connectivity index (χ4n) is 1.57. The van der Waals surface area contributed by atoms with Crippen molar-refractivity contribution in [2.75, 3.05) is 51.4 Å². The van der Waals surface area contributed by atoms with Crippen LogP contribution in [0.3, 0.4) is 0 Å². The van der Waals surface area contributed by atoms with E-state index in [0.29, 0.717) is 18.7 Å². The topological polar surface area (TPSA) is 74.3 Å². The molecule has 0 fully saturated rings. The van der Waals surface area contributed by atoms with E-state index in [1.54, 1.807) is 0 Å². The first-order valence-electron chi connectivity index (χ1n) is 6.35. The average Bonchev–Trinajstić information content (AvgIpc) is 2.37. The molecule has 0 saturated heterocycles. The lowest BCUT2D eigenvalue weighted by Crippen LogP contribution is -2.20. The Kier molecular flexibility index (Phi) is 6.72. The molecular formula is C14H22N4O. The van der Waals surface area contributed by atoms with Crippen molar-refractivity contribution in [3.63, 3.8) is 0 Å².